The van der Waals surface area contributed by atoms with Crippen molar-refractivity contribution < 1.29 is 32.5 Å². The van der Waals surface area contributed by atoms with Gasteiger partial charge in [-0.1, -0.05) is 6.07 Å². The van der Waals surface area contributed by atoms with Gasteiger partial charge in [-0.3, -0.25) is 4.99 Å². The summed E-state index contributed by atoms with van der Waals surface area (Å²) in [6.07, 6.45) is -2.04. The lowest BCUT2D eigenvalue weighted by molar-refractivity contribution is -0.274. The summed E-state index contributed by atoms with van der Waals surface area (Å²) < 4.78 is 53.5. The van der Waals surface area contributed by atoms with Crippen molar-refractivity contribution in [1.82, 2.24) is 9.97 Å². The molecule has 0 saturated carbocycles. The number of rotatable bonds is 12. The van der Waals surface area contributed by atoms with E-state index in [9.17, 15) is 18.3 Å². The second kappa shape index (κ2) is 13.5. The molecule has 0 bridgehead atoms. The third-order valence-corrected chi connectivity index (χ3v) is 6.89. The smallest absolute Gasteiger partial charge is 0.508 e. The Hall–Kier alpha value is -4.99. The Kier molecular flexibility index (Phi) is 9.38. The Morgan fingerprint density at radius 2 is 1.45 bits per heavy atom. The van der Waals surface area contributed by atoms with Gasteiger partial charge in [0.2, 0.25) is 0 Å². The van der Waals surface area contributed by atoms with Crippen LogP contribution in [0.5, 0.6) is 23.0 Å². The molecular formula is C34H32F3N3O4. The van der Waals surface area contributed by atoms with Crippen LogP contribution < -0.4 is 14.2 Å². The minimum atomic E-state index is -4.76. The van der Waals surface area contributed by atoms with Gasteiger partial charge >= 0.3 is 6.36 Å². The molecule has 44 heavy (non-hydrogen) atoms. The van der Waals surface area contributed by atoms with Crippen LogP contribution in [0.1, 0.15) is 37.3 Å². The van der Waals surface area contributed by atoms with E-state index in [-0.39, 0.29) is 11.5 Å². The predicted octanol–water partition coefficient (Wildman–Crippen LogP) is 8.91. The lowest BCUT2D eigenvalue weighted by Gasteiger charge is -2.11. The summed E-state index contributed by atoms with van der Waals surface area (Å²) in [4.78, 5) is 12.3. The van der Waals surface area contributed by atoms with Crippen molar-refractivity contribution in [2.24, 2.45) is 4.99 Å². The number of phenols is 1. The molecule has 2 N–H and O–H groups in total. The number of nitrogens with one attached hydrogen (secondary N) is 1. The normalized spacial score (nSPS) is 12.0. The third-order valence-electron chi connectivity index (χ3n) is 6.89. The van der Waals surface area contributed by atoms with Crippen molar-refractivity contribution in [2.45, 2.75) is 39.5 Å². The van der Waals surface area contributed by atoms with Gasteiger partial charge in [0, 0.05) is 23.4 Å². The van der Waals surface area contributed by atoms with Crippen LogP contribution in [0.2, 0.25) is 0 Å². The molecule has 0 atom stereocenters. The van der Waals surface area contributed by atoms with Gasteiger partial charge in [-0.25, -0.2) is 4.98 Å². The summed E-state index contributed by atoms with van der Waals surface area (Å²) >= 11 is 0. The van der Waals surface area contributed by atoms with Crippen molar-refractivity contribution in [3.63, 3.8) is 0 Å². The van der Waals surface area contributed by atoms with E-state index in [4.69, 9.17) is 9.47 Å². The number of aromatic amines is 1. The summed E-state index contributed by atoms with van der Waals surface area (Å²) in [6, 6.07) is 24.3. The van der Waals surface area contributed by atoms with Gasteiger partial charge in [0.25, 0.3) is 0 Å². The number of aliphatic imine (C=N–C) groups is 1. The Bertz CT molecular complexity index is 1730. The van der Waals surface area contributed by atoms with E-state index in [0.29, 0.717) is 24.6 Å². The number of halogens is 3. The van der Waals surface area contributed by atoms with E-state index >= 15 is 0 Å². The quantitative estimate of drug-likeness (QED) is 0.110. The molecule has 5 aromatic rings. The molecule has 0 fully saturated rings. The molecule has 5 rings (SSSR count). The fourth-order valence-electron chi connectivity index (χ4n) is 4.55. The summed E-state index contributed by atoms with van der Waals surface area (Å²) in [5.74, 6) is 2.14. The first kappa shape index (κ1) is 30.5. The number of aromatic nitrogens is 2. The molecule has 4 aromatic carbocycles. The van der Waals surface area contributed by atoms with Crippen molar-refractivity contribution in [2.75, 3.05) is 13.2 Å². The van der Waals surface area contributed by atoms with E-state index in [1.165, 1.54) is 12.1 Å². The fourth-order valence-corrected chi connectivity index (χ4v) is 4.55. The van der Waals surface area contributed by atoms with Crippen LogP contribution in [0.3, 0.4) is 0 Å². The van der Waals surface area contributed by atoms with Gasteiger partial charge in [-0.2, -0.15) is 0 Å². The van der Waals surface area contributed by atoms with Crippen LogP contribution in [0.15, 0.2) is 89.9 Å². The number of hydrogen-bond acceptors (Lipinski definition) is 6. The highest BCUT2D eigenvalue weighted by Crippen LogP contribution is 2.30. The standard InChI is InChI=1S/C34H32F3N3O4/c1-22-6-12-29(44-34(35,36)37)21-31(22)38-23(2)24-7-13-27(14-8-24)42-18-4-3-5-19-43-28-15-9-25(10-16-28)33-39-30-17-11-26(41)20-32(30)40-33/h6-17,20-21,41H,3-5,18-19H2,1-2H3,(H,39,40). The van der Waals surface area contributed by atoms with Crippen LogP contribution in [0.4, 0.5) is 18.9 Å². The molecule has 0 aliphatic rings. The van der Waals surface area contributed by atoms with E-state index in [1.54, 1.807) is 38.1 Å². The summed E-state index contributed by atoms with van der Waals surface area (Å²) in [5, 5.41) is 9.65. The van der Waals surface area contributed by atoms with E-state index < -0.39 is 6.36 Å². The summed E-state index contributed by atoms with van der Waals surface area (Å²) in [5.41, 5.74) is 5.15. The van der Waals surface area contributed by atoms with Crippen LogP contribution >= 0.6 is 0 Å². The van der Waals surface area contributed by atoms with Crippen LogP contribution in [0.25, 0.3) is 22.4 Å². The maximum Gasteiger partial charge on any atom is 0.573 e. The number of benzene rings is 4. The van der Waals surface area contributed by atoms with Gasteiger partial charge in [-0.05, 0) is 111 Å². The average Bonchev–Trinajstić information content (AvgIpc) is 3.41. The molecule has 0 radical (unpaired) electrons. The number of hydrogen-bond donors (Lipinski definition) is 2. The van der Waals surface area contributed by atoms with Gasteiger partial charge < -0.3 is 24.3 Å². The molecule has 228 valence electrons. The Balaban J connectivity index is 1.02. The fraction of sp³-hybridized carbons (Fsp3) is 0.235. The summed E-state index contributed by atoms with van der Waals surface area (Å²) in [7, 11) is 0. The van der Waals surface area contributed by atoms with Crippen LogP contribution in [0, 0.1) is 6.92 Å². The monoisotopic (exact) mass is 603 g/mol. The Morgan fingerprint density at radius 1 is 0.818 bits per heavy atom. The van der Waals surface area contributed by atoms with Crippen LogP contribution in [-0.4, -0.2) is 40.4 Å². The van der Waals surface area contributed by atoms with Gasteiger partial charge in [0.15, 0.2) is 0 Å². The number of H-pyrrole nitrogens is 1. The molecule has 7 nitrogen and oxygen atoms in total. The molecule has 0 spiro atoms. The molecular weight excluding hydrogens is 571 g/mol. The largest absolute Gasteiger partial charge is 0.573 e. The highest BCUT2D eigenvalue weighted by molar-refractivity contribution is 6.00. The highest BCUT2D eigenvalue weighted by Gasteiger charge is 2.31. The number of ether oxygens (including phenoxy) is 3. The number of aryl methyl sites for hydroxylation is 1. The van der Waals surface area contributed by atoms with Crippen molar-refractivity contribution >= 4 is 22.4 Å². The van der Waals surface area contributed by atoms with E-state index in [0.717, 1.165) is 64.3 Å². The lowest BCUT2D eigenvalue weighted by atomic mass is 10.1. The molecule has 1 heterocycles. The minimum Gasteiger partial charge on any atom is -0.508 e. The summed E-state index contributed by atoms with van der Waals surface area (Å²) in [6.45, 7) is 4.75. The number of nitrogens with zero attached hydrogens (tertiary/aromatic N) is 2. The lowest BCUT2D eigenvalue weighted by Crippen LogP contribution is -2.17. The Labute approximate surface area is 253 Å². The van der Waals surface area contributed by atoms with Gasteiger partial charge in [0.05, 0.1) is 29.9 Å². The number of alkyl halides is 3. The molecule has 0 aliphatic heterocycles. The zero-order chi connectivity index (χ0) is 31.1. The molecule has 0 amide bonds. The van der Waals surface area contributed by atoms with Crippen molar-refractivity contribution in [3.05, 3.63) is 96.1 Å². The van der Waals surface area contributed by atoms with Gasteiger partial charge in [-0.15, -0.1) is 13.2 Å². The second-order valence-electron chi connectivity index (χ2n) is 10.3. The van der Waals surface area contributed by atoms with Crippen LogP contribution in [-0.2, 0) is 0 Å². The number of phenolic OH excluding ortho intramolecular Hbond substituents is 1. The predicted molar refractivity (Wildman–Crippen MR) is 164 cm³/mol. The molecule has 10 heteroatoms. The topological polar surface area (TPSA) is 89.0 Å². The molecule has 0 saturated heterocycles. The maximum atomic E-state index is 12.6. The molecule has 0 unspecified atom stereocenters. The SMILES string of the molecule is CC(=Nc1cc(OC(F)(F)F)ccc1C)c1ccc(OCCCCCOc2ccc(-c3nc4ccc(O)cc4[nH]3)cc2)cc1. The van der Waals surface area contributed by atoms with Crippen molar-refractivity contribution in [1.29, 1.82) is 0 Å². The second-order valence-corrected chi connectivity index (χ2v) is 10.3. The first-order valence-corrected chi connectivity index (χ1v) is 14.2. The minimum absolute atomic E-state index is 0.194. The first-order valence-electron chi connectivity index (χ1n) is 14.2. The zero-order valence-corrected chi connectivity index (χ0v) is 24.3. The zero-order valence-electron chi connectivity index (χ0n) is 24.3. The number of unbranched alkanes of at least 4 members (excludes halogenated alkanes) is 2. The molecule has 1 aromatic heterocycles. The molecule has 0 aliphatic carbocycles. The van der Waals surface area contributed by atoms with E-state index in [1.807, 2.05) is 48.5 Å². The number of aromatic hydroxyl groups is 1. The Morgan fingerprint density at radius 3 is 2.11 bits per heavy atom. The van der Waals surface area contributed by atoms with E-state index in [2.05, 4.69) is 19.7 Å². The van der Waals surface area contributed by atoms with Crippen molar-refractivity contribution in [3.8, 4) is 34.4 Å². The number of fused-ring (bicyclic) bond motifs is 1. The maximum absolute atomic E-state index is 12.6. The van der Waals surface area contributed by atoms with Gasteiger partial charge in [0.1, 0.15) is 28.8 Å². The average molecular weight is 604 g/mol. The third kappa shape index (κ3) is 8.31. The number of imidazole rings is 1. The first-order chi connectivity index (χ1) is 21.1. The highest BCUT2D eigenvalue weighted by atomic mass is 19.4.